The molecule has 0 bridgehead atoms. The molecule has 0 radical (unpaired) electrons. The van der Waals surface area contributed by atoms with E-state index in [2.05, 4.69) is 46.6 Å². The lowest BCUT2D eigenvalue weighted by atomic mass is 10.0. The second-order valence-electron chi connectivity index (χ2n) is 8.18. The van der Waals surface area contributed by atoms with Crippen LogP contribution in [0.2, 0.25) is 0 Å². The molecular weight excluding hydrogens is 458 g/mol. The van der Waals surface area contributed by atoms with Crippen LogP contribution in [-0.4, -0.2) is 59.0 Å². The van der Waals surface area contributed by atoms with Crippen LogP contribution >= 0.6 is 24.0 Å². The van der Waals surface area contributed by atoms with E-state index in [4.69, 9.17) is 12.2 Å². The summed E-state index contributed by atoms with van der Waals surface area (Å²) in [6.07, 6.45) is 4.90. The number of allylic oxidation sites excluding steroid dienone is 3. The number of benzene rings is 1. The van der Waals surface area contributed by atoms with Crippen LogP contribution in [-0.2, 0) is 0 Å². The maximum absolute atomic E-state index is 12.7. The average molecular weight is 489 g/mol. The molecule has 8 heteroatoms. The molecule has 2 aromatic rings. The molecule has 0 aliphatic carbocycles. The number of piperidine rings is 1. The summed E-state index contributed by atoms with van der Waals surface area (Å²) in [6.45, 7) is 11.1. The van der Waals surface area contributed by atoms with Gasteiger partial charge in [0.1, 0.15) is 5.82 Å². The first-order valence-electron chi connectivity index (χ1n) is 10.9. The van der Waals surface area contributed by atoms with Crippen molar-refractivity contribution in [2.45, 2.75) is 32.2 Å². The molecule has 1 fully saturated rings. The van der Waals surface area contributed by atoms with Gasteiger partial charge >= 0.3 is 0 Å². The van der Waals surface area contributed by atoms with Crippen LogP contribution in [0.15, 0.2) is 60.7 Å². The normalized spacial score (nSPS) is 15.3. The summed E-state index contributed by atoms with van der Waals surface area (Å²) in [5.41, 5.74) is 1.09. The third kappa shape index (κ3) is 7.09. The summed E-state index contributed by atoms with van der Waals surface area (Å²) in [5.74, 6) is 0.684. The van der Waals surface area contributed by atoms with Gasteiger partial charge in [0, 0.05) is 35.6 Å². The van der Waals surface area contributed by atoms with Gasteiger partial charge in [0.2, 0.25) is 0 Å². The smallest absolute Gasteiger partial charge is 0.251 e. The first-order chi connectivity index (χ1) is 15.8. The van der Waals surface area contributed by atoms with E-state index in [1.807, 2.05) is 25.3 Å². The standard InChI is InChI=1S/C25H30F2N4S2/c1-5-6-22(33-17(2)3)18-7-8-19-15-28-24(14-20(19)13-18)29-25(32)31-11-9-21(10-12-31)30(4)16-23(26)27/h5-8,13-15,21,23H,1-2,9-12,16H2,3-4H3,(H,28,29,32)/b22-6-. The molecule has 0 unspecified atom stereocenters. The van der Waals surface area contributed by atoms with Gasteiger partial charge in [-0.1, -0.05) is 43.1 Å². The Morgan fingerprint density at radius 3 is 2.70 bits per heavy atom. The molecular formula is C25H30F2N4S2. The van der Waals surface area contributed by atoms with E-state index >= 15 is 0 Å². The number of fused-ring (bicyclic) bond motifs is 1. The zero-order valence-electron chi connectivity index (χ0n) is 19.1. The first kappa shape index (κ1) is 25.3. The van der Waals surface area contributed by atoms with Crippen LogP contribution in [0.3, 0.4) is 0 Å². The summed E-state index contributed by atoms with van der Waals surface area (Å²) >= 11 is 7.23. The number of hydrogen-bond acceptors (Lipinski definition) is 4. The van der Waals surface area contributed by atoms with Crippen molar-refractivity contribution in [2.75, 3.05) is 32.0 Å². The number of pyridine rings is 1. The maximum Gasteiger partial charge on any atom is 0.251 e. The molecule has 3 rings (SSSR count). The van der Waals surface area contributed by atoms with Gasteiger partial charge in [0.25, 0.3) is 6.43 Å². The highest BCUT2D eigenvalue weighted by atomic mass is 32.2. The fraction of sp³-hybridized carbons (Fsp3) is 0.360. The number of rotatable bonds is 8. The molecule has 0 saturated carbocycles. The Kier molecular flexibility index (Phi) is 9.00. The van der Waals surface area contributed by atoms with Gasteiger partial charge in [-0.15, -0.1) is 0 Å². The van der Waals surface area contributed by atoms with Crippen LogP contribution in [0.4, 0.5) is 14.6 Å². The van der Waals surface area contributed by atoms with Crippen molar-refractivity contribution in [3.05, 3.63) is 66.2 Å². The second-order valence-corrected chi connectivity index (χ2v) is 9.91. The Labute approximate surface area is 204 Å². The van der Waals surface area contributed by atoms with Gasteiger partial charge in [0.15, 0.2) is 5.11 Å². The Hall–Kier alpha value is -2.29. The first-order valence-corrected chi connectivity index (χ1v) is 12.1. The number of hydrogen-bond donors (Lipinski definition) is 1. The van der Waals surface area contributed by atoms with E-state index < -0.39 is 6.43 Å². The quantitative estimate of drug-likeness (QED) is 0.342. The van der Waals surface area contributed by atoms with E-state index in [0.717, 1.165) is 52.1 Å². The van der Waals surface area contributed by atoms with E-state index in [0.29, 0.717) is 10.9 Å². The summed E-state index contributed by atoms with van der Waals surface area (Å²) in [6, 6.07) is 8.40. The summed E-state index contributed by atoms with van der Waals surface area (Å²) in [7, 11) is 1.76. The van der Waals surface area contributed by atoms with Gasteiger partial charge in [-0.25, -0.2) is 13.8 Å². The molecule has 1 aromatic carbocycles. The number of aromatic nitrogens is 1. The number of alkyl halides is 2. The van der Waals surface area contributed by atoms with Gasteiger partial charge in [-0.3, -0.25) is 4.90 Å². The number of nitrogens with zero attached hydrogens (tertiary/aromatic N) is 3. The van der Waals surface area contributed by atoms with E-state index in [1.165, 1.54) is 0 Å². The topological polar surface area (TPSA) is 31.4 Å². The fourth-order valence-corrected chi connectivity index (χ4v) is 4.98. The van der Waals surface area contributed by atoms with Gasteiger partial charge in [-0.2, -0.15) is 0 Å². The molecule has 1 aliphatic rings. The monoisotopic (exact) mass is 488 g/mol. The lowest BCUT2D eigenvalue weighted by Gasteiger charge is -2.37. The molecule has 1 saturated heterocycles. The molecule has 176 valence electrons. The van der Waals surface area contributed by atoms with Gasteiger partial charge < -0.3 is 10.2 Å². The van der Waals surface area contributed by atoms with Crippen molar-refractivity contribution in [2.24, 2.45) is 0 Å². The van der Waals surface area contributed by atoms with Crippen molar-refractivity contribution in [1.29, 1.82) is 0 Å². The van der Waals surface area contributed by atoms with Crippen LogP contribution in [0.1, 0.15) is 25.3 Å². The van der Waals surface area contributed by atoms with Crippen molar-refractivity contribution < 1.29 is 8.78 Å². The lowest BCUT2D eigenvalue weighted by Crippen LogP contribution is -2.47. The molecule has 1 N–H and O–H groups in total. The van der Waals surface area contributed by atoms with Crippen molar-refractivity contribution in [3.8, 4) is 0 Å². The van der Waals surface area contributed by atoms with Crippen molar-refractivity contribution >= 4 is 50.6 Å². The number of nitrogens with one attached hydrogen (secondary N) is 1. The predicted octanol–water partition coefficient (Wildman–Crippen LogP) is 6.39. The minimum Gasteiger partial charge on any atom is -0.349 e. The van der Waals surface area contributed by atoms with Crippen LogP contribution in [0.25, 0.3) is 15.7 Å². The molecule has 1 aliphatic heterocycles. The molecule has 4 nitrogen and oxygen atoms in total. The zero-order chi connectivity index (χ0) is 24.0. The highest BCUT2D eigenvalue weighted by Crippen LogP contribution is 2.34. The highest BCUT2D eigenvalue weighted by Gasteiger charge is 2.25. The van der Waals surface area contributed by atoms with Crippen LogP contribution in [0, 0.1) is 0 Å². The molecule has 0 atom stereocenters. The Balaban J connectivity index is 1.68. The number of likely N-dealkylation sites (tertiary alicyclic amines) is 1. The van der Waals surface area contributed by atoms with Crippen LogP contribution < -0.4 is 5.32 Å². The van der Waals surface area contributed by atoms with Crippen molar-refractivity contribution in [3.63, 3.8) is 0 Å². The third-order valence-electron chi connectivity index (χ3n) is 5.60. The van der Waals surface area contributed by atoms with Gasteiger partial charge in [-0.05, 0) is 73.1 Å². The highest BCUT2D eigenvalue weighted by molar-refractivity contribution is 8.11. The Morgan fingerprint density at radius 2 is 2.06 bits per heavy atom. The SMILES string of the molecule is C=C/C=C(\SC(=C)C)c1ccc2cnc(NC(=S)N3CCC(N(C)CC(F)F)CC3)cc2c1. The largest absolute Gasteiger partial charge is 0.349 e. The van der Waals surface area contributed by atoms with E-state index in [1.54, 1.807) is 29.8 Å². The summed E-state index contributed by atoms with van der Waals surface area (Å²) < 4.78 is 25.3. The minimum atomic E-state index is -2.31. The van der Waals surface area contributed by atoms with Crippen molar-refractivity contribution in [1.82, 2.24) is 14.8 Å². The van der Waals surface area contributed by atoms with E-state index in [9.17, 15) is 8.78 Å². The zero-order valence-corrected chi connectivity index (χ0v) is 20.7. The summed E-state index contributed by atoms with van der Waals surface area (Å²) in [4.78, 5) is 10.4. The Bertz CT molecular complexity index is 1050. The van der Waals surface area contributed by atoms with Gasteiger partial charge in [0.05, 0.1) is 6.54 Å². The number of halogens is 2. The maximum atomic E-state index is 12.7. The third-order valence-corrected chi connectivity index (χ3v) is 6.90. The minimum absolute atomic E-state index is 0.158. The fourth-order valence-electron chi connectivity index (χ4n) is 3.91. The predicted molar refractivity (Wildman–Crippen MR) is 142 cm³/mol. The second kappa shape index (κ2) is 11.7. The average Bonchev–Trinajstić information content (AvgIpc) is 2.77. The van der Waals surface area contributed by atoms with Crippen LogP contribution in [0.5, 0.6) is 0 Å². The number of anilines is 1. The lowest BCUT2D eigenvalue weighted by molar-refractivity contribution is 0.0658. The molecule has 0 spiro atoms. The van der Waals surface area contributed by atoms with E-state index in [-0.39, 0.29) is 12.6 Å². The molecule has 2 heterocycles. The molecule has 1 aromatic heterocycles. The molecule has 0 amide bonds. The number of thiocarbonyl (C=S) groups is 1. The molecule has 33 heavy (non-hydrogen) atoms. The Morgan fingerprint density at radius 1 is 1.33 bits per heavy atom. The number of thioether (sulfide) groups is 1. The summed E-state index contributed by atoms with van der Waals surface area (Å²) in [5, 5.41) is 5.95.